The topological polar surface area (TPSA) is 0 Å². The van der Waals surface area contributed by atoms with Gasteiger partial charge >= 0.3 is 0 Å². The number of hydrogen-bond donors (Lipinski definition) is 0. The van der Waals surface area contributed by atoms with Crippen LogP contribution < -0.4 is 0 Å². The van der Waals surface area contributed by atoms with Gasteiger partial charge in [-0.25, -0.2) is 0 Å². The van der Waals surface area contributed by atoms with Crippen LogP contribution in [0.25, 0.3) is 0 Å². The zero-order valence-corrected chi connectivity index (χ0v) is 29.3. The summed E-state index contributed by atoms with van der Waals surface area (Å²) in [6.07, 6.45) is 29.8. The van der Waals surface area contributed by atoms with Gasteiger partial charge in [0.05, 0.1) is 25.7 Å². The number of unbranched alkanes of at least 4 members (excludes halogenated alkanes) is 17. The van der Waals surface area contributed by atoms with Gasteiger partial charge in [-0.15, -0.1) is 0 Å². The zero-order valence-electron chi connectivity index (χ0n) is 29.3. The molecule has 1 atom stereocenters. The van der Waals surface area contributed by atoms with Crippen LogP contribution >= 0.6 is 0 Å². The third-order valence-corrected chi connectivity index (χ3v) is 9.92. The molecular formula is C37H80N+. The van der Waals surface area contributed by atoms with Gasteiger partial charge in [-0.1, -0.05) is 158 Å². The molecule has 0 aromatic carbocycles. The third kappa shape index (κ3) is 20.8. The second-order valence-electron chi connectivity index (χ2n) is 14.6. The fourth-order valence-electron chi connectivity index (χ4n) is 5.77. The molecule has 0 saturated heterocycles. The van der Waals surface area contributed by atoms with Crippen LogP contribution in [-0.2, 0) is 0 Å². The van der Waals surface area contributed by atoms with Crippen LogP contribution in [0.5, 0.6) is 0 Å². The molecule has 1 unspecified atom stereocenters. The van der Waals surface area contributed by atoms with Crippen LogP contribution in [0.4, 0.5) is 0 Å². The van der Waals surface area contributed by atoms with Crippen molar-refractivity contribution in [2.24, 2.45) is 11.3 Å². The molecule has 0 aromatic heterocycles. The van der Waals surface area contributed by atoms with Gasteiger partial charge in [0, 0.05) is 6.42 Å². The summed E-state index contributed by atoms with van der Waals surface area (Å²) in [7, 11) is 2.60. The Labute approximate surface area is 245 Å². The molecule has 0 bridgehead atoms. The average molecular weight is 539 g/mol. The minimum Gasteiger partial charge on any atom is -0.322 e. The second kappa shape index (κ2) is 24.7. The lowest BCUT2D eigenvalue weighted by atomic mass is 9.71. The summed E-state index contributed by atoms with van der Waals surface area (Å²) in [5, 5.41) is 0. The molecule has 0 aliphatic heterocycles. The second-order valence-corrected chi connectivity index (χ2v) is 14.6. The molecule has 0 N–H and O–H groups in total. The molecule has 0 aliphatic carbocycles. The van der Waals surface area contributed by atoms with Gasteiger partial charge in [0.1, 0.15) is 0 Å². The van der Waals surface area contributed by atoms with Crippen molar-refractivity contribution in [3.63, 3.8) is 0 Å². The maximum absolute atomic E-state index is 2.60. The van der Waals surface area contributed by atoms with Gasteiger partial charge in [-0.3, -0.25) is 0 Å². The number of quaternary nitrogens is 1. The van der Waals surface area contributed by atoms with E-state index in [-0.39, 0.29) is 0 Å². The first-order chi connectivity index (χ1) is 17.9. The van der Waals surface area contributed by atoms with Crippen LogP contribution in [0.2, 0.25) is 0 Å². The van der Waals surface area contributed by atoms with Crippen molar-refractivity contribution in [3.8, 4) is 0 Å². The number of nitrogens with zero attached hydrogens (tertiary/aromatic N) is 1. The Morgan fingerprint density at radius 3 is 1.00 bits per heavy atom. The highest BCUT2D eigenvalue weighted by molar-refractivity contribution is 4.83. The lowest BCUT2D eigenvalue weighted by molar-refractivity contribution is -0.957. The van der Waals surface area contributed by atoms with Crippen LogP contribution in [0, 0.1) is 11.3 Å². The predicted octanol–water partition coefficient (Wildman–Crippen LogP) is 13.2. The summed E-state index contributed by atoms with van der Waals surface area (Å²) >= 11 is 0. The Morgan fingerprint density at radius 2 is 0.737 bits per heavy atom. The summed E-state index contributed by atoms with van der Waals surface area (Å²) in [5.74, 6) is 0.737. The zero-order chi connectivity index (χ0) is 29.3. The van der Waals surface area contributed by atoms with Crippen LogP contribution in [-0.4, -0.2) is 30.2 Å². The first-order valence-corrected chi connectivity index (χ1v) is 17.8. The Balaban J connectivity index is 0. The van der Waals surface area contributed by atoms with Crippen LogP contribution in [0.3, 0.4) is 0 Å². The maximum atomic E-state index is 2.60. The summed E-state index contributed by atoms with van der Waals surface area (Å²) < 4.78 is 1.27. The minimum atomic E-state index is 0.342. The average Bonchev–Trinajstić information content (AvgIpc) is 2.86. The van der Waals surface area contributed by atoms with Crippen molar-refractivity contribution >= 4 is 0 Å². The van der Waals surface area contributed by atoms with E-state index in [1.165, 1.54) is 152 Å². The van der Waals surface area contributed by atoms with Crippen LogP contribution in [0.15, 0.2) is 0 Å². The summed E-state index contributed by atoms with van der Waals surface area (Å²) in [6.45, 7) is 26.7. The fourth-order valence-corrected chi connectivity index (χ4v) is 5.77. The lowest BCUT2D eigenvalue weighted by Gasteiger charge is -2.51. The quantitative estimate of drug-likeness (QED) is 0.0800. The van der Waals surface area contributed by atoms with E-state index >= 15 is 0 Å². The number of hydrogen-bond acceptors (Lipinski definition) is 0. The molecule has 0 rings (SSSR count). The fraction of sp³-hybridized carbons (Fsp3) is 1.00. The first kappa shape index (κ1) is 40.1. The van der Waals surface area contributed by atoms with Gasteiger partial charge < -0.3 is 4.48 Å². The van der Waals surface area contributed by atoms with Gasteiger partial charge in [0.2, 0.25) is 0 Å². The van der Waals surface area contributed by atoms with Gasteiger partial charge in [-0.05, 0) is 50.9 Å². The molecule has 0 fully saturated rings. The molecule has 1 heteroatoms. The van der Waals surface area contributed by atoms with Gasteiger partial charge in [0.15, 0.2) is 0 Å². The van der Waals surface area contributed by atoms with E-state index < -0.39 is 0 Å². The molecule has 0 radical (unpaired) electrons. The minimum absolute atomic E-state index is 0.342. The van der Waals surface area contributed by atoms with E-state index in [2.05, 4.69) is 76.3 Å². The van der Waals surface area contributed by atoms with Crippen molar-refractivity contribution < 1.29 is 4.48 Å². The first-order valence-electron chi connectivity index (χ1n) is 17.8. The SMILES string of the molecule is CCCC.CCCCCCCCCCCCC[N+](C)(CCCCCCCCC)C(C)(C)CC(C)(C)C(C)C. The van der Waals surface area contributed by atoms with Gasteiger partial charge in [-0.2, -0.15) is 0 Å². The standard InChI is InChI=1S/C33H70N.C4H10/c1-10-12-14-16-18-19-20-21-23-25-27-29-34(9,28-26-24-22-17-15-13-11-2)33(7,8)30-32(5,6)31(3)4;1-3-4-2/h31H,10-30H2,1-9H3;3-4H2,1-2H3/q+1;. The Hall–Kier alpha value is -0.0400. The van der Waals surface area contributed by atoms with E-state index in [4.69, 9.17) is 0 Å². The van der Waals surface area contributed by atoms with Crippen molar-refractivity contribution in [2.75, 3.05) is 20.1 Å². The molecule has 0 aliphatic rings. The van der Waals surface area contributed by atoms with Crippen molar-refractivity contribution in [1.29, 1.82) is 0 Å². The van der Waals surface area contributed by atoms with Crippen LogP contribution in [0.1, 0.15) is 204 Å². The molecule has 0 heterocycles. The molecule has 232 valence electrons. The Morgan fingerprint density at radius 1 is 0.447 bits per heavy atom. The molecule has 1 nitrogen and oxygen atoms in total. The van der Waals surface area contributed by atoms with E-state index in [9.17, 15) is 0 Å². The van der Waals surface area contributed by atoms with Crippen molar-refractivity contribution in [3.05, 3.63) is 0 Å². The third-order valence-electron chi connectivity index (χ3n) is 9.92. The van der Waals surface area contributed by atoms with E-state index in [1.807, 2.05) is 0 Å². The highest BCUT2D eigenvalue weighted by atomic mass is 15.4. The molecule has 0 spiro atoms. The maximum Gasteiger partial charge on any atom is 0.0938 e. The van der Waals surface area contributed by atoms with Crippen molar-refractivity contribution in [1.82, 2.24) is 0 Å². The summed E-state index contributed by atoms with van der Waals surface area (Å²) in [6, 6.07) is 0. The Bertz CT molecular complexity index is 475. The van der Waals surface area contributed by atoms with Crippen molar-refractivity contribution in [2.45, 2.75) is 210 Å². The highest BCUT2D eigenvalue weighted by Crippen LogP contribution is 2.40. The monoisotopic (exact) mass is 539 g/mol. The lowest BCUT2D eigenvalue weighted by Crippen LogP contribution is -2.61. The summed E-state index contributed by atoms with van der Waals surface area (Å²) in [5.41, 5.74) is 0.745. The predicted molar refractivity (Wildman–Crippen MR) is 178 cm³/mol. The summed E-state index contributed by atoms with van der Waals surface area (Å²) in [4.78, 5) is 0. The largest absolute Gasteiger partial charge is 0.322 e. The molecule has 0 aromatic rings. The van der Waals surface area contributed by atoms with E-state index in [1.54, 1.807) is 0 Å². The normalized spacial score (nSPS) is 13.9. The molecular weight excluding hydrogens is 458 g/mol. The molecule has 38 heavy (non-hydrogen) atoms. The molecule has 0 amide bonds. The smallest absolute Gasteiger partial charge is 0.0938 e. The number of rotatable bonds is 25. The Kier molecular flexibility index (Phi) is 26.1. The molecule has 0 saturated carbocycles. The van der Waals surface area contributed by atoms with Gasteiger partial charge in [0.25, 0.3) is 0 Å². The van der Waals surface area contributed by atoms with E-state index in [0.717, 1.165) is 5.92 Å². The van der Waals surface area contributed by atoms with E-state index in [0.29, 0.717) is 11.0 Å². The highest BCUT2D eigenvalue weighted by Gasteiger charge is 2.43.